The van der Waals surface area contributed by atoms with Gasteiger partial charge in [-0.15, -0.1) is 0 Å². The van der Waals surface area contributed by atoms with Crippen molar-refractivity contribution in [3.8, 4) is 0 Å². The third kappa shape index (κ3) is 6.41. The molecule has 96 valence electrons. The van der Waals surface area contributed by atoms with Gasteiger partial charge in [-0.05, 0) is 43.5 Å². The summed E-state index contributed by atoms with van der Waals surface area (Å²) in [5.74, 6) is 0. The predicted molar refractivity (Wildman–Crippen MR) is 76.8 cm³/mol. The lowest BCUT2D eigenvalue weighted by Crippen LogP contribution is -2.20. The number of ether oxygens (including phenoxy) is 1. The zero-order chi connectivity index (χ0) is 12.5. The molecule has 0 heterocycles. The van der Waals surface area contributed by atoms with Crippen molar-refractivity contribution < 1.29 is 4.74 Å². The van der Waals surface area contributed by atoms with Gasteiger partial charge in [-0.3, -0.25) is 0 Å². The molecule has 0 unspecified atom stereocenters. The van der Waals surface area contributed by atoms with Crippen LogP contribution in [0.3, 0.4) is 0 Å². The highest BCUT2D eigenvalue weighted by Gasteiger charge is 2.00. The highest BCUT2D eigenvalue weighted by atomic mass is 79.9. The second-order valence-electron chi connectivity index (χ2n) is 3.94. The van der Waals surface area contributed by atoms with E-state index in [1.807, 2.05) is 12.1 Å². The topological polar surface area (TPSA) is 21.3 Å². The normalized spacial score (nSPS) is 10.8. The fourth-order valence-corrected chi connectivity index (χ4v) is 2.47. The maximum Gasteiger partial charge on any atom is 0.0587 e. The van der Waals surface area contributed by atoms with Crippen molar-refractivity contribution in [2.24, 2.45) is 0 Å². The molecule has 0 aliphatic heterocycles. The van der Waals surface area contributed by atoms with Crippen molar-refractivity contribution >= 4 is 27.5 Å². The van der Waals surface area contributed by atoms with Crippen LogP contribution in [0.1, 0.15) is 18.4 Å². The van der Waals surface area contributed by atoms with Gasteiger partial charge < -0.3 is 10.1 Å². The van der Waals surface area contributed by atoms with Crippen LogP contribution in [0.2, 0.25) is 5.02 Å². The van der Waals surface area contributed by atoms with Crippen LogP contribution in [0.25, 0.3) is 0 Å². The van der Waals surface area contributed by atoms with E-state index in [0.29, 0.717) is 0 Å². The van der Waals surface area contributed by atoms with Gasteiger partial charge >= 0.3 is 0 Å². The largest absolute Gasteiger partial charge is 0.383 e. The van der Waals surface area contributed by atoms with Gasteiger partial charge in [-0.2, -0.15) is 0 Å². The van der Waals surface area contributed by atoms with Crippen molar-refractivity contribution in [2.75, 3.05) is 26.8 Å². The lowest BCUT2D eigenvalue weighted by molar-refractivity contribution is 0.199. The average Bonchev–Trinajstić information content (AvgIpc) is 2.30. The smallest absolute Gasteiger partial charge is 0.0587 e. The Bertz CT molecular complexity index is 333. The Kier molecular flexibility index (Phi) is 7.86. The molecule has 0 spiro atoms. The molecule has 0 amide bonds. The van der Waals surface area contributed by atoms with E-state index in [0.717, 1.165) is 35.6 Å². The highest BCUT2D eigenvalue weighted by Crippen LogP contribution is 2.22. The van der Waals surface area contributed by atoms with E-state index in [9.17, 15) is 0 Å². The Labute approximate surface area is 117 Å². The molecule has 1 N–H and O–H groups in total. The number of nitrogens with one attached hydrogen (secondary N) is 1. The molecule has 0 bridgehead atoms. The predicted octanol–water partition coefficient (Wildman–Crippen LogP) is 3.66. The third-order valence-corrected chi connectivity index (χ3v) is 3.52. The number of aryl methyl sites for hydroxylation is 1. The Hall–Kier alpha value is -0.0900. The number of benzene rings is 1. The molecule has 0 saturated heterocycles. The van der Waals surface area contributed by atoms with Gasteiger partial charge in [0, 0.05) is 23.1 Å². The fraction of sp³-hybridized carbons (Fsp3) is 0.538. The van der Waals surface area contributed by atoms with Gasteiger partial charge in [0.25, 0.3) is 0 Å². The summed E-state index contributed by atoms with van der Waals surface area (Å²) in [5.41, 5.74) is 1.33. The van der Waals surface area contributed by atoms with Gasteiger partial charge in [-0.1, -0.05) is 33.6 Å². The summed E-state index contributed by atoms with van der Waals surface area (Å²) in [7, 11) is 1.72. The second kappa shape index (κ2) is 8.92. The fourth-order valence-electron chi connectivity index (χ4n) is 1.59. The Balaban J connectivity index is 2.14. The number of hydrogen-bond donors (Lipinski definition) is 1. The standard InChI is InChI=1S/C13H19BrClNO/c1-17-9-8-16-7-3-2-4-11-5-6-12(15)10-13(11)14/h5-6,10,16H,2-4,7-9H2,1H3. The highest BCUT2D eigenvalue weighted by molar-refractivity contribution is 9.10. The van der Waals surface area contributed by atoms with E-state index in [1.54, 1.807) is 7.11 Å². The molecular weight excluding hydrogens is 302 g/mol. The number of hydrogen-bond acceptors (Lipinski definition) is 2. The average molecular weight is 321 g/mol. The van der Waals surface area contributed by atoms with Gasteiger partial charge in [0.05, 0.1) is 6.61 Å². The first kappa shape index (κ1) is 15.0. The molecule has 0 fully saturated rings. The Morgan fingerprint density at radius 2 is 2.12 bits per heavy atom. The summed E-state index contributed by atoms with van der Waals surface area (Å²) in [6.07, 6.45) is 3.45. The first-order valence-corrected chi connectivity index (χ1v) is 7.04. The molecule has 1 rings (SSSR count). The zero-order valence-corrected chi connectivity index (χ0v) is 12.5. The van der Waals surface area contributed by atoms with Crippen LogP contribution < -0.4 is 5.32 Å². The van der Waals surface area contributed by atoms with Gasteiger partial charge in [-0.25, -0.2) is 0 Å². The number of rotatable bonds is 8. The molecule has 4 heteroatoms. The van der Waals surface area contributed by atoms with Crippen LogP contribution in [0, 0.1) is 0 Å². The van der Waals surface area contributed by atoms with E-state index >= 15 is 0 Å². The second-order valence-corrected chi connectivity index (χ2v) is 5.23. The molecule has 0 aromatic heterocycles. The molecule has 1 aromatic carbocycles. The van der Waals surface area contributed by atoms with E-state index in [1.165, 1.54) is 18.4 Å². The lowest BCUT2D eigenvalue weighted by Gasteiger charge is -2.06. The number of unbranched alkanes of at least 4 members (excludes halogenated alkanes) is 1. The van der Waals surface area contributed by atoms with Crippen molar-refractivity contribution in [1.29, 1.82) is 0 Å². The minimum atomic E-state index is 0.779. The number of methoxy groups -OCH3 is 1. The van der Waals surface area contributed by atoms with E-state index < -0.39 is 0 Å². The minimum Gasteiger partial charge on any atom is -0.383 e. The summed E-state index contributed by atoms with van der Waals surface area (Å²) < 4.78 is 6.07. The van der Waals surface area contributed by atoms with E-state index in [4.69, 9.17) is 16.3 Å². The monoisotopic (exact) mass is 319 g/mol. The zero-order valence-electron chi connectivity index (χ0n) is 10.1. The van der Waals surface area contributed by atoms with E-state index in [-0.39, 0.29) is 0 Å². The summed E-state index contributed by atoms with van der Waals surface area (Å²) in [5, 5.41) is 4.12. The molecule has 0 aliphatic carbocycles. The maximum atomic E-state index is 5.90. The quantitative estimate of drug-likeness (QED) is 0.738. The Morgan fingerprint density at radius 1 is 1.29 bits per heavy atom. The van der Waals surface area contributed by atoms with Crippen LogP contribution in [0.5, 0.6) is 0 Å². The molecule has 0 atom stereocenters. The molecule has 1 aromatic rings. The first-order chi connectivity index (χ1) is 8.24. The molecule has 17 heavy (non-hydrogen) atoms. The molecule has 2 nitrogen and oxygen atoms in total. The van der Waals surface area contributed by atoms with E-state index in [2.05, 4.69) is 27.3 Å². The van der Waals surface area contributed by atoms with Gasteiger partial charge in [0.2, 0.25) is 0 Å². The Morgan fingerprint density at radius 3 is 2.82 bits per heavy atom. The molecule has 0 saturated carbocycles. The third-order valence-electron chi connectivity index (χ3n) is 2.55. The van der Waals surface area contributed by atoms with Crippen molar-refractivity contribution in [2.45, 2.75) is 19.3 Å². The summed E-state index contributed by atoms with van der Waals surface area (Å²) >= 11 is 9.43. The van der Waals surface area contributed by atoms with Crippen LogP contribution in [0.15, 0.2) is 22.7 Å². The van der Waals surface area contributed by atoms with Crippen LogP contribution in [-0.4, -0.2) is 26.8 Å². The molecular formula is C13H19BrClNO. The summed E-state index contributed by atoms with van der Waals surface area (Å²) in [6, 6.07) is 5.98. The maximum absolute atomic E-state index is 5.90. The summed E-state index contributed by atoms with van der Waals surface area (Å²) in [6.45, 7) is 2.76. The van der Waals surface area contributed by atoms with Crippen LogP contribution in [-0.2, 0) is 11.2 Å². The lowest BCUT2D eigenvalue weighted by atomic mass is 10.1. The van der Waals surface area contributed by atoms with Crippen LogP contribution >= 0.6 is 27.5 Å². The minimum absolute atomic E-state index is 0.779. The first-order valence-electron chi connectivity index (χ1n) is 5.87. The molecule has 0 aliphatic rings. The van der Waals surface area contributed by atoms with Crippen molar-refractivity contribution in [1.82, 2.24) is 5.32 Å². The van der Waals surface area contributed by atoms with Gasteiger partial charge in [0.1, 0.15) is 0 Å². The number of halogens is 2. The van der Waals surface area contributed by atoms with Gasteiger partial charge in [0.15, 0.2) is 0 Å². The SMILES string of the molecule is COCCNCCCCc1ccc(Cl)cc1Br. The van der Waals surface area contributed by atoms with Crippen molar-refractivity contribution in [3.63, 3.8) is 0 Å². The van der Waals surface area contributed by atoms with Crippen molar-refractivity contribution in [3.05, 3.63) is 33.3 Å². The summed E-state index contributed by atoms with van der Waals surface area (Å²) in [4.78, 5) is 0. The molecule has 0 radical (unpaired) electrons. The van der Waals surface area contributed by atoms with Crippen LogP contribution in [0.4, 0.5) is 0 Å².